The number of hydrogen-bond acceptors (Lipinski definition) is 3. The first-order valence-corrected chi connectivity index (χ1v) is 10.8. The van der Waals surface area contributed by atoms with Crippen LogP contribution in [0.3, 0.4) is 0 Å². The summed E-state index contributed by atoms with van der Waals surface area (Å²) in [7, 11) is 1.62. The third-order valence-corrected chi connectivity index (χ3v) is 5.77. The van der Waals surface area contributed by atoms with Crippen molar-refractivity contribution in [3.8, 4) is 16.9 Å². The smallest absolute Gasteiger partial charge is 0.248 e. The Labute approximate surface area is 192 Å². The van der Waals surface area contributed by atoms with Gasteiger partial charge in [-0.25, -0.2) is 0 Å². The second-order valence-corrected chi connectivity index (χ2v) is 7.94. The topological polar surface area (TPSA) is 51.5 Å². The molecule has 0 aliphatic heterocycles. The van der Waals surface area contributed by atoms with E-state index in [0.717, 1.165) is 38.9 Å². The number of furan rings is 1. The Bertz CT molecular complexity index is 1500. The van der Waals surface area contributed by atoms with Crippen LogP contribution in [0.2, 0.25) is 0 Å². The summed E-state index contributed by atoms with van der Waals surface area (Å²) in [5.74, 6) is 0.464. The van der Waals surface area contributed by atoms with Gasteiger partial charge in [0, 0.05) is 34.3 Å². The lowest BCUT2D eigenvalue weighted by Gasteiger charge is -2.10. The third kappa shape index (κ3) is 4.11. The van der Waals surface area contributed by atoms with E-state index in [9.17, 15) is 4.79 Å². The summed E-state index contributed by atoms with van der Waals surface area (Å²) < 4.78 is 11.5. The van der Waals surface area contributed by atoms with Crippen molar-refractivity contribution in [2.75, 3.05) is 12.4 Å². The summed E-state index contributed by atoms with van der Waals surface area (Å²) in [4.78, 5) is 12.6. The van der Waals surface area contributed by atoms with E-state index in [0.29, 0.717) is 5.75 Å². The molecule has 0 saturated carbocycles. The molecule has 4 heteroatoms. The summed E-state index contributed by atoms with van der Waals surface area (Å²) in [6.07, 6.45) is 3.37. The van der Waals surface area contributed by atoms with Crippen molar-refractivity contribution in [1.82, 2.24) is 0 Å². The van der Waals surface area contributed by atoms with Gasteiger partial charge in [-0.2, -0.15) is 0 Å². The van der Waals surface area contributed by atoms with Gasteiger partial charge < -0.3 is 14.5 Å². The van der Waals surface area contributed by atoms with Gasteiger partial charge in [-0.05, 0) is 53.1 Å². The van der Waals surface area contributed by atoms with Crippen LogP contribution >= 0.6 is 0 Å². The Morgan fingerprint density at radius 3 is 2.45 bits per heavy atom. The molecule has 0 bridgehead atoms. The van der Waals surface area contributed by atoms with Crippen LogP contribution in [0.4, 0.5) is 5.69 Å². The van der Waals surface area contributed by atoms with Gasteiger partial charge in [0.2, 0.25) is 5.91 Å². The van der Waals surface area contributed by atoms with E-state index in [-0.39, 0.29) is 5.91 Å². The molecule has 1 heterocycles. The van der Waals surface area contributed by atoms with Crippen LogP contribution in [0, 0.1) is 0 Å². The average molecular weight is 434 g/mol. The minimum absolute atomic E-state index is 0.192. The first-order chi connectivity index (χ1) is 16.1. The predicted octanol–water partition coefficient (Wildman–Crippen LogP) is 7.30. The number of benzene rings is 4. The lowest BCUT2D eigenvalue weighted by Crippen LogP contribution is -2.08. The number of carbonyl (C=O) groups excluding carboxylic acids is 1. The van der Waals surface area contributed by atoms with Crippen molar-refractivity contribution in [3.05, 3.63) is 103 Å². The number of fused-ring (bicyclic) bond motifs is 2. The molecule has 0 unspecified atom stereocenters. The number of rotatable bonds is 5. The molecule has 0 aliphatic rings. The van der Waals surface area contributed by atoms with Crippen LogP contribution < -0.4 is 10.1 Å². The van der Waals surface area contributed by atoms with Crippen molar-refractivity contribution in [2.45, 2.75) is 6.92 Å². The molecule has 162 valence electrons. The van der Waals surface area contributed by atoms with Crippen LogP contribution in [0.5, 0.6) is 5.75 Å². The molecule has 0 aliphatic carbocycles. The lowest BCUT2D eigenvalue weighted by atomic mass is 9.97. The monoisotopic (exact) mass is 433 g/mol. The quantitative estimate of drug-likeness (QED) is 0.296. The summed E-state index contributed by atoms with van der Waals surface area (Å²) in [6.45, 7) is 1.91. The number of ether oxygens (including phenoxy) is 1. The van der Waals surface area contributed by atoms with Crippen LogP contribution in [0.15, 0.2) is 102 Å². The van der Waals surface area contributed by atoms with Crippen LogP contribution in [-0.4, -0.2) is 13.0 Å². The summed E-state index contributed by atoms with van der Waals surface area (Å²) >= 11 is 0. The van der Waals surface area contributed by atoms with Gasteiger partial charge in [-0.1, -0.05) is 54.6 Å². The maximum Gasteiger partial charge on any atom is 0.248 e. The Morgan fingerprint density at radius 2 is 1.67 bits per heavy atom. The highest BCUT2D eigenvalue weighted by Crippen LogP contribution is 2.38. The van der Waals surface area contributed by atoms with E-state index < -0.39 is 0 Å². The Kier molecular flexibility index (Phi) is 5.41. The van der Waals surface area contributed by atoms with E-state index in [2.05, 4.69) is 35.6 Å². The zero-order chi connectivity index (χ0) is 22.8. The SMILES string of the molecule is COc1cc2occ(-c3ccc4ccccc4c3)c2cc1/C(C)=C/C(=O)Nc1ccccc1. The molecule has 33 heavy (non-hydrogen) atoms. The summed E-state index contributed by atoms with van der Waals surface area (Å²) in [5.41, 5.74) is 5.21. The van der Waals surface area contributed by atoms with E-state index in [1.807, 2.05) is 61.5 Å². The van der Waals surface area contributed by atoms with Gasteiger partial charge >= 0.3 is 0 Å². The number of allylic oxidation sites excluding steroid dienone is 1. The highest BCUT2D eigenvalue weighted by molar-refractivity contribution is 6.05. The van der Waals surface area contributed by atoms with Crippen LogP contribution in [0.1, 0.15) is 12.5 Å². The zero-order valence-electron chi connectivity index (χ0n) is 18.5. The minimum atomic E-state index is -0.192. The van der Waals surface area contributed by atoms with Gasteiger partial charge in [-0.3, -0.25) is 4.79 Å². The standard InChI is InChI=1S/C29H23NO3/c1-19(14-29(31)30-23-10-4-3-5-11-23)24-16-25-26(18-33-28(25)17-27(24)32-2)22-13-12-20-8-6-7-9-21(20)15-22/h3-18H,1-2H3,(H,30,31)/b19-14+. The van der Waals surface area contributed by atoms with E-state index in [1.165, 1.54) is 10.8 Å². The molecule has 5 aromatic rings. The fourth-order valence-electron chi connectivity index (χ4n) is 4.09. The number of amides is 1. The van der Waals surface area contributed by atoms with Crippen molar-refractivity contribution < 1.29 is 13.9 Å². The molecular formula is C29H23NO3. The van der Waals surface area contributed by atoms with Crippen LogP contribution in [0.25, 0.3) is 38.4 Å². The van der Waals surface area contributed by atoms with Crippen molar-refractivity contribution in [1.29, 1.82) is 0 Å². The number of hydrogen-bond donors (Lipinski definition) is 1. The van der Waals surface area contributed by atoms with Gasteiger partial charge in [0.1, 0.15) is 11.3 Å². The number of carbonyl (C=O) groups is 1. The van der Waals surface area contributed by atoms with Crippen molar-refractivity contribution in [3.63, 3.8) is 0 Å². The molecule has 0 fully saturated rings. The molecule has 0 spiro atoms. The number of anilines is 1. The molecule has 0 saturated heterocycles. The Balaban J connectivity index is 1.55. The fraction of sp³-hybridized carbons (Fsp3) is 0.0690. The highest BCUT2D eigenvalue weighted by atomic mass is 16.5. The highest BCUT2D eigenvalue weighted by Gasteiger charge is 2.15. The number of para-hydroxylation sites is 1. The third-order valence-electron chi connectivity index (χ3n) is 5.77. The summed E-state index contributed by atoms with van der Waals surface area (Å²) in [5, 5.41) is 6.23. The number of methoxy groups -OCH3 is 1. The number of nitrogens with one attached hydrogen (secondary N) is 1. The van der Waals surface area contributed by atoms with E-state index in [4.69, 9.17) is 9.15 Å². The van der Waals surface area contributed by atoms with Crippen molar-refractivity contribution in [2.24, 2.45) is 0 Å². The molecule has 4 nitrogen and oxygen atoms in total. The molecule has 0 atom stereocenters. The molecule has 1 aromatic heterocycles. The predicted molar refractivity (Wildman–Crippen MR) is 134 cm³/mol. The molecule has 1 N–H and O–H groups in total. The van der Waals surface area contributed by atoms with Crippen LogP contribution in [-0.2, 0) is 4.79 Å². The Morgan fingerprint density at radius 1 is 0.909 bits per heavy atom. The van der Waals surface area contributed by atoms with E-state index >= 15 is 0 Å². The average Bonchev–Trinajstić information content (AvgIpc) is 3.26. The minimum Gasteiger partial charge on any atom is -0.496 e. The molecule has 5 rings (SSSR count). The van der Waals surface area contributed by atoms with Gasteiger partial charge in [0.25, 0.3) is 0 Å². The zero-order valence-corrected chi connectivity index (χ0v) is 18.5. The molecule has 0 radical (unpaired) electrons. The van der Waals surface area contributed by atoms with Gasteiger partial charge in [0.15, 0.2) is 0 Å². The first kappa shape index (κ1) is 20.6. The Hall–Kier alpha value is -4.31. The normalized spacial score (nSPS) is 11.6. The molecule has 1 amide bonds. The summed E-state index contributed by atoms with van der Waals surface area (Å²) in [6, 6.07) is 28.0. The maximum absolute atomic E-state index is 12.6. The van der Waals surface area contributed by atoms with Gasteiger partial charge in [0.05, 0.1) is 13.4 Å². The largest absolute Gasteiger partial charge is 0.496 e. The van der Waals surface area contributed by atoms with E-state index in [1.54, 1.807) is 19.4 Å². The fourth-order valence-corrected chi connectivity index (χ4v) is 4.09. The lowest BCUT2D eigenvalue weighted by molar-refractivity contribution is -0.111. The molecular weight excluding hydrogens is 410 g/mol. The van der Waals surface area contributed by atoms with Crippen molar-refractivity contribution >= 4 is 38.9 Å². The maximum atomic E-state index is 12.6. The molecule has 4 aromatic carbocycles. The second kappa shape index (κ2) is 8.67. The first-order valence-electron chi connectivity index (χ1n) is 10.8. The second-order valence-electron chi connectivity index (χ2n) is 7.94. The van der Waals surface area contributed by atoms with Gasteiger partial charge in [-0.15, -0.1) is 0 Å².